The standard InChI is InChI=1S/C20H30N4/c1-14-10-17(24-9-6-18-16(13-24)12-22-23-18)11-15(2)19(14)21-8-7-20(3,4)5/h10-12,21H,6-9,13H2,1-5H3,(H,22,23). The summed E-state index contributed by atoms with van der Waals surface area (Å²) < 4.78 is 0. The van der Waals surface area contributed by atoms with Crippen LogP contribution in [0.1, 0.15) is 49.6 Å². The Kier molecular flexibility index (Phi) is 4.57. The van der Waals surface area contributed by atoms with Crippen LogP contribution in [0, 0.1) is 19.3 Å². The molecular formula is C20H30N4. The largest absolute Gasteiger partial charge is 0.385 e. The molecule has 0 aliphatic carbocycles. The molecule has 0 saturated heterocycles. The minimum Gasteiger partial charge on any atom is -0.385 e. The first-order chi connectivity index (χ1) is 11.3. The third-order valence-electron chi connectivity index (χ3n) is 4.86. The first-order valence-corrected chi connectivity index (χ1v) is 8.95. The summed E-state index contributed by atoms with van der Waals surface area (Å²) >= 11 is 0. The summed E-state index contributed by atoms with van der Waals surface area (Å²) in [6.07, 6.45) is 4.17. The van der Waals surface area contributed by atoms with E-state index >= 15 is 0 Å². The quantitative estimate of drug-likeness (QED) is 0.873. The van der Waals surface area contributed by atoms with E-state index in [9.17, 15) is 0 Å². The van der Waals surface area contributed by atoms with Crippen molar-refractivity contribution >= 4 is 11.4 Å². The summed E-state index contributed by atoms with van der Waals surface area (Å²) in [5, 5.41) is 10.9. The number of anilines is 2. The number of benzene rings is 1. The predicted octanol–water partition coefficient (Wildman–Crippen LogP) is 4.44. The van der Waals surface area contributed by atoms with E-state index in [0.717, 1.165) is 26.1 Å². The van der Waals surface area contributed by atoms with Crippen LogP contribution >= 0.6 is 0 Å². The lowest BCUT2D eigenvalue weighted by Crippen LogP contribution is -2.30. The highest BCUT2D eigenvalue weighted by Crippen LogP contribution is 2.30. The van der Waals surface area contributed by atoms with Crippen molar-refractivity contribution in [3.63, 3.8) is 0 Å². The van der Waals surface area contributed by atoms with Crippen molar-refractivity contribution < 1.29 is 0 Å². The maximum atomic E-state index is 4.17. The Morgan fingerprint density at radius 3 is 2.58 bits per heavy atom. The third-order valence-corrected chi connectivity index (χ3v) is 4.86. The molecule has 4 nitrogen and oxygen atoms in total. The Hall–Kier alpha value is -1.97. The van der Waals surface area contributed by atoms with Gasteiger partial charge < -0.3 is 10.2 Å². The van der Waals surface area contributed by atoms with Crippen molar-refractivity contribution in [2.75, 3.05) is 23.3 Å². The molecular weight excluding hydrogens is 296 g/mol. The number of fused-ring (bicyclic) bond motifs is 1. The van der Waals surface area contributed by atoms with Gasteiger partial charge in [0.2, 0.25) is 0 Å². The topological polar surface area (TPSA) is 44.0 Å². The lowest BCUT2D eigenvalue weighted by molar-refractivity contribution is 0.389. The molecule has 130 valence electrons. The molecule has 1 aliphatic heterocycles. The van der Waals surface area contributed by atoms with E-state index in [4.69, 9.17) is 0 Å². The van der Waals surface area contributed by atoms with Gasteiger partial charge in [-0.25, -0.2) is 0 Å². The average molecular weight is 326 g/mol. The summed E-state index contributed by atoms with van der Waals surface area (Å²) in [4.78, 5) is 2.46. The van der Waals surface area contributed by atoms with Crippen LogP contribution < -0.4 is 10.2 Å². The molecule has 0 atom stereocenters. The zero-order chi connectivity index (χ0) is 17.3. The molecule has 2 N–H and O–H groups in total. The van der Waals surface area contributed by atoms with Crippen molar-refractivity contribution in [1.82, 2.24) is 10.2 Å². The monoisotopic (exact) mass is 326 g/mol. The maximum absolute atomic E-state index is 4.17. The Balaban J connectivity index is 1.73. The molecule has 24 heavy (non-hydrogen) atoms. The fourth-order valence-electron chi connectivity index (χ4n) is 3.41. The van der Waals surface area contributed by atoms with Gasteiger partial charge in [0.25, 0.3) is 0 Å². The summed E-state index contributed by atoms with van der Waals surface area (Å²) in [6.45, 7) is 14.3. The molecule has 0 fully saturated rings. The first-order valence-electron chi connectivity index (χ1n) is 8.95. The van der Waals surface area contributed by atoms with E-state index in [0.29, 0.717) is 5.41 Å². The molecule has 2 heterocycles. The van der Waals surface area contributed by atoms with Gasteiger partial charge >= 0.3 is 0 Å². The number of aryl methyl sites for hydroxylation is 2. The molecule has 4 heteroatoms. The molecule has 0 radical (unpaired) electrons. The van der Waals surface area contributed by atoms with Crippen LogP contribution in [0.2, 0.25) is 0 Å². The third kappa shape index (κ3) is 3.74. The maximum Gasteiger partial charge on any atom is 0.0540 e. The van der Waals surface area contributed by atoms with Crippen LogP contribution in [-0.2, 0) is 13.0 Å². The highest BCUT2D eigenvalue weighted by Gasteiger charge is 2.19. The lowest BCUT2D eigenvalue weighted by Gasteiger charge is -2.30. The number of nitrogens with zero attached hydrogens (tertiary/aromatic N) is 2. The van der Waals surface area contributed by atoms with Crippen molar-refractivity contribution in [2.45, 2.75) is 54.0 Å². The number of rotatable bonds is 4. The van der Waals surface area contributed by atoms with Crippen LogP contribution in [0.4, 0.5) is 11.4 Å². The molecule has 1 aromatic heterocycles. The number of hydrogen-bond donors (Lipinski definition) is 2. The second-order valence-corrected chi connectivity index (χ2v) is 8.24. The molecule has 0 unspecified atom stereocenters. The summed E-state index contributed by atoms with van der Waals surface area (Å²) in [5.74, 6) is 0. The number of aromatic nitrogens is 2. The summed E-state index contributed by atoms with van der Waals surface area (Å²) in [5.41, 5.74) is 8.25. The van der Waals surface area contributed by atoms with Gasteiger partial charge in [-0.15, -0.1) is 0 Å². The van der Waals surface area contributed by atoms with Crippen LogP contribution in [0.25, 0.3) is 0 Å². The molecule has 0 bridgehead atoms. The zero-order valence-corrected chi connectivity index (χ0v) is 15.7. The number of hydrogen-bond acceptors (Lipinski definition) is 3. The minimum absolute atomic E-state index is 0.366. The van der Waals surface area contributed by atoms with Gasteiger partial charge in [-0.2, -0.15) is 5.10 Å². The molecule has 1 aliphatic rings. The number of H-pyrrole nitrogens is 1. The number of nitrogens with one attached hydrogen (secondary N) is 2. The summed E-state index contributed by atoms with van der Waals surface area (Å²) in [6, 6.07) is 4.63. The Labute approximate surface area is 145 Å². The minimum atomic E-state index is 0.366. The van der Waals surface area contributed by atoms with E-state index < -0.39 is 0 Å². The Morgan fingerprint density at radius 2 is 1.92 bits per heavy atom. The van der Waals surface area contributed by atoms with Crippen molar-refractivity contribution in [2.24, 2.45) is 5.41 Å². The highest BCUT2D eigenvalue weighted by molar-refractivity contribution is 5.65. The van der Waals surface area contributed by atoms with Crippen molar-refractivity contribution in [3.8, 4) is 0 Å². The first kappa shape index (κ1) is 16.9. The van der Waals surface area contributed by atoms with Crippen molar-refractivity contribution in [3.05, 3.63) is 40.7 Å². The zero-order valence-electron chi connectivity index (χ0n) is 15.7. The predicted molar refractivity (Wildman–Crippen MR) is 102 cm³/mol. The van der Waals surface area contributed by atoms with E-state index in [1.165, 1.54) is 40.2 Å². The van der Waals surface area contributed by atoms with E-state index in [-0.39, 0.29) is 0 Å². The molecule has 0 amide bonds. The van der Waals surface area contributed by atoms with Gasteiger partial charge in [0.15, 0.2) is 0 Å². The molecule has 1 aromatic carbocycles. The van der Waals surface area contributed by atoms with Crippen LogP contribution in [0.5, 0.6) is 0 Å². The van der Waals surface area contributed by atoms with Crippen molar-refractivity contribution in [1.29, 1.82) is 0 Å². The lowest BCUT2D eigenvalue weighted by atomic mass is 9.92. The van der Waals surface area contributed by atoms with Crippen LogP contribution in [-0.4, -0.2) is 23.3 Å². The van der Waals surface area contributed by atoms with E-state index in [2.05, 4.69) is 67.2 Å². The van der Waals surface area contributed by atoms with Gasteiger partial charge in [0, 0.05) is 48.7 Å². The van der Waals surface area contributed by atoms with Crippen LogP contribution in [0.15, 0.2) is 18.3 Å². The second-order valence-electron chi connectivity index (χ2n) is 8.24. The Morgan fingerprint density at radius 1 is 1.21 bits per heavy atom. The smallest absolute Gasteiger partial charge is 0.0540 e. The molecule has 3 rings (SSSR count). The fraction of sp³-hybridized carbons (Fsp3) is 0.550. The Bertz CT molecular complexity index is 686. The molecule has 0 saturated carbocycles. The normalized spacial score (nSPS) is 14.6. The van der Waals surface area contributed by atoms with E-state index in [1.807, 2.05) is 6.20 Å². The summed E-state index contributed by atoms with van der Waals surface area (Å²) in [7, 11) is 0. The highest BCUT2D eigenvalue weighted by atomic mass is 15.2. The van der Waals surface area contributed by atoms with Gasteiger partial charge in [-0.3, -0.25) is 5.10 Å². The second kappa shape index (κ2) is 6.50. The van der Waals surface area contributed by atoms with E-state index in [1.54, 1.807) is 0 Å². The van der Waals surface area contributed by atoms with Gasteiger partial charge in [0.05, 0.1) is 6.20 Å². The SMILES string of the molecule is Cc1cc(N2CCc3[nH]ncc3C2)cc(C)c1NCCC(C)(C)C. The van der Waals surface area contributed by atoms with Gasteiger partial charge in [0.1, 0.15) is 0 Å². The fourth-order valence-corrected chi connectivity index (χ4v) is 3.41. The van der Waals surface area contributed by atoms with Crippen LogP contribution in [0.3, 0.4) is 0 Å². The average Bonchev–Trinajstić information content (AvgIpc) is 2.96. The van der Waals surface area contributed by atoms with Gasteiger partial charge in [-0.05, 0) is 48.9 Å². The van der Waals surface area contributed by atoms with Gasteiger partial charge in [-0.1, -0.05) is 20.8 Å². The number of aromatic amines is 1. The molecule has 0 spiro atoms. The molecule has 2 aromatic rings.